The number of rotatable bonds is 6. The fourth-order valence-corrected chi connectivity index (χ4v) is 5.63. The number of dihydropyridines is 1. The van der Waals surface area contributed by atoms with E-state index in [1.165, 1.54) is 6.07 Å². The SMILES string of the molecule is O=C(NCC(F)F)C1CC=C(N2CCN([C@H]3CC[C@@H](c4cc5cccc(F)c5c(=O)[nH]4)C3)CC2)C=N1. The van der Waals surface area contributed by atoms with Gasteiger partial charge in [0.1, 0.15) is 11.9 Å². The van der Waals surface area contributed by atoms with Crippen LogP contribution in [0.1, 0.15) is 37.3 Å². The molecule has 192 valence electrons. The Balaban J connectivity index is 1.14. The van der Waals surface area contributed by atoms with Gasteiger partial charge in [-0.2, -0.15) is 0 Å². The standard InChI is InChI=1S/C26H30F3N5O2/c27-20-3-1-2-17-13-22(32-26(36)24(17)20)16-4-5-18(12-16)33-8-10-34(11-9-33)19-6-7-21(30-14-19)25(35)31-15-23(28)29/h1-3,6,13-14,16,18,21,23H,4-5,7-12,15H2,(H,31,35)(H,32,36)/t16-,18+,21?/m1/s1. The molecule has 7 nitrogen and oxygen atoms in total. The van der Waals surface area contributed by atoms with Crippen LogP contribution in [0.15, 0.2) is 45.8 Å². The lowest BCUT2D eigenvalue weighted by Crippen LogP contribution is -2.49. The van der Waals surface area contributed by atoms with Gasteiger partial charge in [0.15, 0.2) is 0 Å². The van der Waals surface area contributed by atoms with E-state index in [4.69, 9.17) is 0 Å². The number of nitrogens with zero attached hydrogens (tertiary/aromatic N) is 3. The van der Waals surface area contributed by atoms with E-state index in [0.717, 1.165) is 56.8 Å². The fraction of sp³-hybridized carbons (Fsp3) is 0.500. The number of fused-ring (bicyclic) bond motifs is 1. The van der Waals surface area contributed by atoms with Gasteiger partial charge < -0.3 is 15.2 Å². The predicted molar refractivity (Wildman–Crippen MR) is 132 cm³/mol. The zero-order valence-corrected chi connectivity index (χ0v) is 19.9. The molecule has 2 aliphatic heterocycles. The Morgan fingerprint density at radius 2 is 2.00 bits per heavy atom. The number of H-pyrrole nitrogens is 1. The number of halogens is 3. The molecule has 1 aliphatic carbocycles. The normalized spacial score (nSPS) is 24.9. The highest BCUT2D eigenvalue weighted by molar-refractivity contribution is 5.88. The number of hydrogen-bond donors (Lipinski definition) is 2. The van der Waals surface area contributed by atoms with Gasteiger partial charge in [-0.05, 0) is 43.2 Å². The van der Waals surface area contributed by atoms with Gasteiger partial charge in [0.2, 0.25) is 5.91 Å². The molecule has 0 spiro atoms. The second-order valence-corrected chi connectivity index (χ2v) is 9.74. The Kier molecular flexibility index (Phi) is 7.13. The summed E-state index contributed by atoms with van der Waals surface area (Å²) in [4.78, 5) is 36.4. The van der Waals surface area contributed by atoms with Gasteiger partial charge in [-0.15, -0.1) is 0 Å². The third-order valence-electron chi connectivity index (χ3n) is 7.55. The van der Waals surface area contributed by atoms with Gasteiger partial charge in [0.05, 0.1) is 17.6 Å². The molecule has 2 N–H and O–H groups in total. The van der Waals surface area contributed by atoms with E-state index in [9.17, 15) is 22.8 Å². The lowest BCUT2D eigenvalue weighted by molar-refractivity contribution is -0.122. The van der Waals surface area contributed by atoms with E-state index in [-0.39, 0.29) is 16.9 Å². The van der Waals surface area contributed by atoms with Crippen molar-refractivity contribution in [1.82, 2.24) is 20.1 Å². The summed E-state index contributed by atoms with van der Waals surface area (Å²) in [6.07, 6.45) is 4.45. The average Bonchev–Trinajstić information content (AvgIpc) is 3.38. The summed E-state index contributed by atoms with van der Waals surface area (Å²) < 4.78 is 38.7. The average molecular weight is 502 g/mol. The predicted octanol–water partition coefficient (Wildman–Crippen LogP) is 3.03. The van der Waals surface area contributed by atoms with Crippen molar-refractivity contribution >= 4 is 22.9 Å². The molecule has 10 heteroatoms. The van der Waals surface area contributed by atoms with Crippen LogP contribution in [0.2, 0.25) is 0 Å². The van der Waals surface area contributed by atoms with Crippen LogP contribution in [0, 0.1) is 5.82 Å². The maximum Gasteiger partial charge on any atom is 0.259 e. The Morgan fingerprint density at radius 3 is 2.72 bits per heavy atom. The molecule has 1 saturated heterocycles. The van der Waals surface area contributed by atoms with Gasteiger partial charge in [-0.25, -0.2) is 13.2 Å². The van der Waals surface area contributed by atoms with Gasteiger partial charge in [0, 0.05) is 50.0 Å². The zero-order chi connectivity index (χ0) is 25.2. The fourth-order valence-electron chi connectivity index (χ4n) is 5.63. The lowest BCUT2D eigenvalue weighted by atomic mass is 10.00. The van der Waals surface area contributed by atoms with Crippen molar-refractivity contribution in [2.75, 3.05) is 32.7 Å². The van der Waals surface area contributed by atoms with Crippen molar-refractivity contribution in [3.05, 3.63) is 57.9 Å². The highest BCUT2D eigenvalue weighted by atomic mass is 19.3. The minimum Gasteiger partial charge on any atom is -0.368 e. The summed E-state index contributed by atoms with van der Waals surface area (Å²) >= 11 is 0. The number of nitrogens with one attached hydrogen (secondary N) is 2. The summed E-state index contributed by atoms with van der Waals surface area (Å²) in [6, 6.07) is 6.42. The van der Waals surface area contributed by atoms with Crippen molar-refractivity contribution in [2.24, 2.45) is 4.99 Å². The monoisotopic (exact) mass is 501 g/mol. The molecule has 5 rings (SSSR count). The van der Waals surface area contributed by atoms with E-state index in [2.05, 4.69) is 25.1 Å². The Labute approximate surface area is 207 Å². The number of allylic oxidation sites excluding steroid dienone is 1. The summed E-state index contributed by atoms with van der Waals surface area (Å²) in [6.45, 7) is 2.84. The second-order valence-electron chi connectivity index (χ2n) is 9.74. The molecule has 0 bridgehead atoms. The number of carbonyl (C=O) groups is 1. The largest absolute Gasteiger partial charge is 0.368 e. The number of carbonyl (C=O) groups excluding carboxylic acids is 1. The van der Waals surface area contributed by atoms with Crippen LogP contribution in [-0.2, 0) is 4.79 Å². The van der Waals surface area contributed by atoms with Crippen LogP contribution in [-0.4, -0.2) is 78.1 Å². The second kappa shape index (κ2) is 10.5. The van der Waals surface area contributed by atoms with Gasteiger partial charge >= 0.3 is 0 Å². The molecular formula is C26H30F3N5O2. The number of aromatic amines is 1. The number of pyridine rings is 1. The Hall–Kier alpha value is -3.14. The van der Waals surface area contributed by atoms with Gasteiger partial charge in [-0.1, -0.05) is 18.2 Å². The van der Waals surface area contributed by atoms with Crippen LogP contribution in [0.25, 0.3) is 10.8 Å². The maximum absolute atomic E-state index is 14.1. The summed E-state index contributed by atoms with van der Waals surface area (Å²) in [5, 5.41) is 2.98. The van der Waals surface area contributed by atoms with E-state index >= 15 is 0 Å². The zero-order valence-electron chi connectivity index (χ0n) is 19.9. The van der Waals surface area contributed by atoms with Crippen LogP contribution >= 0.6 is 0 Å². The number of benzene rings is 1. The molecule has 1 unspecified atom stereocenters. The Morgan fingerprint density at radius 1 is 1.19 bits per heavy atom. The molecular weight excluding hydrogens is 471 g/mol. The lowest BCUT2D eigenvalue weighted by Gasteiger charge is -2.40. The van der Waals surface area contributed by atoms with Crippen LogP contribution in [0.5, 0.6) is 0 Å². The number of aliphatic imine (C=N–C) groups is 1. The van der Waals surface area contributed by atoms with Crippen LogP contribution in [0.4, 0.5) is 13.2 Å². The first-order valence-electron chi connectivity index (χ1n) is 12.5. The third kappa shape index (κ3) is 5.18. The highest BCUT2D eigenvalue weighted by Gasteiger charge is 2.33. The van der Waals surface area contributed by atoms with E-state index in [1.807, 2.05) is 12.1 Å². The summed E-state index contributed by atoms with van der Waals surface area (Å²) in [5.41, 5.74) is 1.49. The van der Waals surface area contributed by atoms with Crippen LogP contribution < -0.4 is 10.9 Å². The molecule has 1 saturated carbocycles. The molecule has 1 amide bonds. The minimum atomic E-state index is -2.57. The number of amides is 1. The molecule has 36 heavy (non-hydrogen) atoms. The molecule has 2 fully saturated rings. The van der Waals surface area contributed by atoms with Crippen LogP contribution in [0.3, 0.4) is 0 Å². The van der Waals surface area contributed by atoms with E-state index in [1.54, 1.807) is 18.3 Å². The van der Waals surface area contributed by atoms with Crippen molar-refractivity contribution in [3.63, 3.8) is 0 Å². The minimum absolute atomic E-state index is 0.118. The molecule has 3 atom stereocenters. The van der Waals surface area contributed by atoms with Gasteiger partial charge in [-0.3, -0.25) is 19.5 Å². The first-order chi connectivity index (χ1) is 17.4. The molecule has 1 aromatic carbocycles. The van der Waals surface area contributed by atoms with E-state index < -0.39 is 30.7 Å². The molecule has 3 heterocycles. The van der Waals surface area contributed by atoms with Crippen molar-refractivity contribution in [3.8, 4) is 0 Å². The number of piperazine rings is 1. The van der Waals surface area contributed by atoms with Crippen molar-refractivity contribution in [2.45, 2.75) is 50.1 Å². The molecule has 0 radical (unpaired) electrons. The van der Waals surface area contributed by atoms with Gasteiger partial charge in [0.25, 0.3) is 12.0 Å². The molecule has 1 aromatic heterocycles. The molecule has 3 aliphatic rings. The third-order valence-corrected chi connectivity index (χ3v) is 7.55. The topological polar surface area (TPSA) is 80.8 Å². The van der Waals surface area contributed by atoms with E-state index in [0.29, 0.717) is 17.8 Å². The first kappa shape index (κ1) is 24.5. The number of alkyl halides is 2. The maximum atomic E-state index is 14.1. The first-order valence-corrected chi connectivity index (χ1v) is 12.5. The number of hydrogen-bond acceptors (Lipinski definition) is 5. The van der Waals surface area contributed by atoms with Crippen molar-refractivity contribution < 1.29 is 18.0 Å². The number of aromatic nitrogens is 1. The quantitative estimate of drug-likeness (QED) is 0.638. The molecule has 2 aromatic rings. The summed E-state index contributed by atoms with van der Waals surface area (Å²) in [7, 11) is 0. The Bertz CT molecular complexity index is 1240. The van der Waals surface area contributed by atoms with Crippen molar-refractivity contribution in [1.29, 1.82) is 0 Å². The highest BCUT2D eigenvalue weighted by Crippen LogP contribution is 2.37. The smallest absolute Gasteiger partial charge is 0.259 e. The summed E-state index contributed by atoms with van der Waals surface area (Å²) in [5.74, 6) is -0.721.